The second kappa shape index (κ2) is 5.88. The second-order valence-electron chi connectivity index (χ2n) is 6.02. The van der Waals surface area contributed by atoms with Gasteiger partial charge in [0.25, 0.3) is 0 Å². The fourth-order valence-electron chi connectivity index (χ4n) is 3.07. The Morgan fingerprint density at radius 3 is 3.19 bits per heavy atom. The summed E-state index contributed by atoms with van der Waals surface area (Å²) < 4.78 is 2.15. The first-order chi connectivity index (χ1) is 10.2. The second-order valence-corrected chi connectivity index (χ2v) is 6.02. The smallest absolute Gasteiger partial charge is 0.223 e. The van der Waals surface area contributed by atoms with Gasteiger partial charge in [-0.15, -0.1) is 0 Å². The Bertz CT molecular complexity index is 659. The molecule has 0 spiro atoms. The Hall–Kier alpha value is -1.84. The molecule has 2 heterocycles. The van der Waals surface area contributed by atoms with Gasteiger partial charge in [0.2, 0.25) is 5.91 Å². The van der Waals surface area contributed by atoms with Crippen LogP contribution in [-0.2, 0) is 17.6 Å². The van der Waals surface area contributed by atoms with Crippen molar-refractivity contribution in [3.8, 4) is 0 Å². The van der Waals surface area contributed by atoms with Crippen LogP contribution >= 0.6 is 0 Å². The van der Waals surface area contributed by atoms with Gasteiger partial charge in [-0.05, 0) is 43.9 Å². The van der Waals surface area contributed by atoms with E-state index in [4.69, 9.17) is 4.98 Å². The molecule has 0 radical (unpaired) electrons. The molecule has 21 heavy (non-hydrogen) atoms. The van der Waals surface area contributed by atoms with Gasteiger partial charge in [-0.2, -0.15) is 0 Å². The maximum absolute atomic E-state index is 12.3. The van der Waals surface area contributed by atoms with E-state index in [9.17, 15) is 4.79 Å². The molecule has 2 aromatic heterocycles. The number of fused-ring (bicyclic) bond motifs is 3. The van der Waals surface area contributed by atoms with Crippen molar-refractivity contribution in [2.24, 2.45) is 5.92 Å². The van der Waals surface area contributed by atoms with E-state index in [2.05, 4.69) is 41.9 Å². The molecule has 1 unspecified atom stereocenters. The number of aromatic nitrogens is 2. The Morgan fingerprint density at radius 1 is 1.52 bits per heavy atom. The van der Waals surface area contributed by atoms with Crippen LogP contribution in [0.25, 0.3) is 5.65 Å². The van der Waals surface area contributed by atoms with Crippen molar-refractivity contribution in [2.75, 3.05) is 6.54 Å². The van der Waals surface area contributed by atoms with Crippen LogP contribution in [0.5, 0.6) is 0 Å². The standard InChI is InChI=1S/C17H23N3O/c1-3-4-8-18-17(21)13-5-6-14-15(11-13)20-9-7-12(2)10-16(20)19-14/h7,9-10,13H,3-6,8,11H2,1-2H3,(H,18,21). The number of carbonyl (C=O) groups excluding carboxylic acids is 1. The molecule has 1 aliphatic rings. The summed E-state index contributed by atoms with van der Waals surface area (Å²) in [4.78, 5) is 17.0. The lowest BCUT2D eigenvalue weighted by molar-refractivity contribution is -0.125. The fourth-order valence-corrected chi connectivity index (χ4v) is 3.07. The number of unbranched alkanes of at least 4 members (excludes halogenated alkanes) is 1. The van der Waals surface area contributed by atoms with Crippen molar-refractivity contribution < 1.29 is 4.79 Å². The molecular formula is C17H23N3O. The molecule has 2 aromatic rings. The minimum atomic E-state index is 0.0931. The largest absolute Gasteiger partial charge is 0.356 e. The lowest BCUT2D eigenvalue weighted by Crippen LogP contribution is -2.34. The highest BCUT2D eigenvalue weighted by molar-refractivity contribution is 5.79. The highest BCUT2D eigenvalue weighted by Crippen LogP contribution is 2.26. The van der Waals surface area contributed by atoms with Gasteiger partial charge in [-0.3, -0.25) is 4.79 Å². The number of carbonyl (C=O) groups is 1. The number of imidazole rings is 1. The zero-order valence-corrected chi connectivity index (χ0v) is 12.9. The zero-order valence-electron chi connectivity index (χ0n) is 12.9. The van der Waals surface area contributed by atoms with Gasteiger partial charge in [0, 0.05) is 30.8 Å². The summed E-state index contributed by atoms with van der Waals surface area (Å²) in [6.45, 7) is 5.02. The summed E-state index contributed by atoms with van der Waals surface area (Å²) >= 11 is 0. The predicted molar refractivity (Wildman–Crippen MR) is 83.4 cm³/mol. The maximum atomic E-state index is 12.3. The van der Waals surface area contributed by atoms with Gasteiger partial charge < -0.3 is 9.72 Å². The summed E-state index contributed by atoms with van der Waals surface area (Å²) in [5, 5.41) is 3.06. The van der Waals surface area contributed by atoms with Crippen LogP contribution in [0.1, 0.15) is 43.1 Å². The third-order valence-corrected chi connectivity index (χ3v) is 4.33. The fraction of sp³-hybridized carbons (Fsp3) is 0.529. The molecule has 0 fully saturated rings. The van der Waals surface area contributed by atoms with Crippen molar-refractivity contribution >= 4 is 11.6 Å². The number of nitrogens with zero attached hydrogens (tertiary/aromatic N) is 2. The molecule has 1 aliphatic carbocycles. The summed E-state index contributed by atoms with van der Waals surface area (Å²) in [7, 11) is 0. The van der Waals surface area contributed by atoms with Crippen LogP contribution < -0.4 is 5.32 Å². The van der Waals surface area contributed by atoms with Crippen LogP contribution in [0.3, 0.4) is 0 Å². The quantitative estimate of drug-likeness (QED) is 0.878. The molecule has 0 bridgehead atoms. The number of pyridine rings is 1. The molecule has 0 saturated heterocycles. The molecule has 3 rings (SSSR count). The third-order valence-electron chi connectivity index (χ3n) is 4.33. The number of rotatable bonds is 4. The van der Waals surface area contributed by atoms with E-state index in [0.29, 0.717) is 0 Å². The Labute approximate surface area is 125 Å². The maximum Gasteiger partial charge on any atom is 0.223 e. The van der Waals surface area contributed by atoms with Gasteiger partial charge >= 0.3 is 0 Å². The molecule has 0 saturated carbocycles. The minimum absolute atomic E-state index is 0.0931. The first-order valence-electron chi connectivity index (χ1n) is 7.93. The number of amides is 1. The van der Waals surface area contributed by atoms with E-state index in [-0.39, 0.29) is 11.8 Å². The molecule has 112 valence electrons. The topological polar surface area (TPSA) is 46.4 Å². The Balaban J connectivity index is 1.78. The summed E-state index contributed by atoms with van der Waals surface area (Å²) in [5.74, 6) is 0.298. The van der Waals surface area contributed by atoms with Crippen molar-refractivity contribution in [1.29, 1.82) is 0 Å². The number of hydrogen-bond donors (Lipinski definition) is 1. The number of hydrogen-bond acceptors (Lipinski definition) is 2. The van der Waals surface area contributed by atoms with Crippen LogP contribution in [-0.4, -0.2) is 21.8 Å². The molecule has 0 aliphatic heterocycles. The monoisotopic (exact) mass is 285 g/mol. The summed E-state index contributed by atoms with van der Waals surface area (Å²) in [6, 6.07) is 4.20. The first kappa shape index (κ1) is 14.1. The van der Waals surface area contributed by atoms with E-state index in [1.165, 1.54) is 17.0 Å². The van der Waals surface area contributed by atoms with Crippen LogP contribution in [0.4, 0.5) is 0 Å². The van der Waals surface area contributed by atoms with Crippen molar-refractivity contribution in [2.45, 2.75) is 46.0 Å². The molecule has 4 heteroatoms. The normalized spacial score (nSPS) is 17.7. The van der Waals surface area contributed by atoms with Gasteiger partial charge in [0.15, 0.2) is 0 Å². The minimum Gasteiger partial charge on any atom is -0.356 e. The van der Waals surface area contributed by atoms with E-state index >= 15 is 0 Å². The summed E-state index contributed by atoms with van der Waals surface area (Å²) in [6.07, 6.45) is 6.86. The van der Waals surface area contributed by atoms with Gasteiger partial charge in [-0.25, -0.2) is 4.98 Å². The molecular weight excluding hydrogens is 262 g/mol. The average molecular weight is 285 g/mol. The van der Waals surface area contributed by atoms with E-state index < -0.39 is 0 Å². The SMILES string of the molecule is CCCCNC(=O)C1CCc2nc3cc(C)ccn3c2C1. The van der Waals surface area contributed by atoms with E-state index in [1.54, 1.807) is 0 Å². The van der Waals surface area contributed by atoms with Crippen molar-refractivity contribution in [3.63, 3.8) is 0 Å². The van der Waals surface area contributed by atoms with Gasteiger partial charge in [-0.1, -0.05) is 13.3 Å². The summed E-state index contributed by atoms with van der Waals surface area (Å²) in [5.41, 5.74) is 4.61. The van der Waals surface area contributed by atoms with Crippen LogP contribution in [0.2, 0.25) is 0 Å². The highest BCUT2D eigenvalue weighted by atomic mass is 16.1. The average Bonchev–Trinajstić information content (AvgIpc) is 2.83. The molecule has 1 N–H and O–H groups in total. The van der Waals surface area contributed by atoms with Crippen LogP contribution in [0, 0.1) is 12.8 Å². The molecule has 4 nitrogen and oxygen atoms in total. The van der Waals surface area contributed by atoms with Gasteiger partial charge in [0.1, 0.15) is 5.65 Å². The number of aryl methyl sites for hydroxylation is 2. The van der Waals surface area contributed by atoms with Gasteiger partial charge in [0.05, 0.1) is 5.69 Å². The van der Waals surface area contributed by atoms with E-state index in [0.717, 1.165) is 44.3 Å². The zero-order chi connectivity index (χ0) is 14.8. The predicted octanol–water partition coefficient (Wildman–Crippen LogP) is 2.66. The van der Waals surface area contributed by atoms with Crippen molar-refractivity contribution in [3.05, 3.63) is 35.3 Å². The number of nitrogens with one attached hydrogen (secondary N) is 1. The Kier molecular flexibility index (Phi) is 3.95. The lowest BCUT2D eigenvalue weighted by Gasteiger charge is -2.21. The molecule has 1 atom stereocenters. The molecule has 1 amide bonds. The van der Waals surface area contributed by atoms with Crippen LogP contribution in [0.15, 0.2) is 18.3 Å². The van der Waals surface area contributed by atoms with Crippen molar-refractivity contribution in [1.82, 2.24) is 14.7 Å². The molecule has 0 aromatic carbocycles. The first-order valence-corrected chi connectivity index (χ1v) is 7.93. The highest BCUT2D eigenvalue weighted by Gasteiger charge is 2.27. The third kappa shape index (κ3) is 2.80. The lowest BCUT2D eigenvalue weighted by atomic mass is 9.89. The van der Waals surface area contributed by atoms with E-state index in [1.807, 2.05) is 0 Å². The Morgan fingerprint density at radius 2 is 2.38 bits per heavy atom.